The van der Waals surface area contributed by atoms with Crippen LogP contribution in [0.3, 0.4) is 0 Å². The topological polar surface area (TPSA) is 60.7 Å². The summed E-state index contributed by atoms with van der Waals surface area (Å²) in [7, 11) is 5.72. The number of hydrogen-bond acceptors (Lipinski definition) is 7. The summed E-state index contributed by atoms with van der Waals surface area (Å²) in [5.74, 6) is 1.39. The maximum absolute atomic E-state index is 12.7. The van der Waals surface area contributed by atoms with E-state index < -0.39 is 0 Å². The van der Waals surface area contributed by atoms with Gasteiger partial charge < -0.3 is 14.5 Å². The molecule has 206 valence electrons. The lowest BCUT2D eigenvalue weighted by Gasteiger charge is -2.24. The summed E-state index contributed by atoms with van der Waals surface area (Å²) in [5, 5.41) is 6.75. The van der Waals surface area contributed by atoms with E-state index in [1.807, 2.05) is 49.4 Å². The van der Waals surface area contributed by atoms with E-state index in [9.17, 15) is 4.79 Å². The molecule has 0 saturated heterocycles. The van der Waals surface area contributed by atoms with E-state index in [1.165, 1.54) is 5.69 Å². The molecule has 0 aromatic heterocycles. The summed E-state index contributed by atoms with van der Waals surface area (Å²) in [6, 6.07) is 24.8. The second-order valence-electron chi connectivity index (χ2n) is 9.90. The average molecular weight is 554 g/mol. The van der Waals surface area contributed by atoms with E-state index in [0.29, 0.717) is 12.3 Å². The van der Waals surface area contributed by atoms with Crippen LogP contribution in [0.15, 0.2) is 87.8 Å². The van der Waals surface area contributed by atoms with Crippen LogP contribution in [-0.2, 0) is 0 Å². The molecule has 1 unspecified atom stereocenters. The molecule has 0 aliphatic carbocycles. The van der Waals surface area contributed by atoms with Gasteiger partial charge in [-0.1, -0.05) is 24.3 Å². The molecule has 0 N–H and O–H groups in total. The SMILES string of the molecule is CCN(CC)c1ccc(/C=C2\SC(=O)N=C2N2N=C(c3ccc(OC)cc3)CC2c2ccc(N(C)C)cc2)cc1. The van der Waals surface area contributed by atoms with Crippen LogP contribution < -0.4 is 14.5 Å². The van der Waals surface area contributed by atoms with Gasteiger partial charge in [0, 0.05) is 45.0 Å². The van der Waals surface area contributed by atoms with Crippen molar-refractivity contribution in [3.05, 3.63) is 94.4 Å². The number of hydrazone groups is 1. The summed E-state index contributed by atoms with van der Waals surface area (Å²) in [6.07, 6.45) is 2.73. The Kier molecular flexibility index (Phi) is 8.26. The van der Waals surface area contributed by atoms with E-state index in [-0.39, 0.29) is 11.3 Å². The average Bonchev–Trinajstić information content (AvgIpc) is 3.58. The largest absolute Gasteiger partial charge is 0.497 e. The molecule has 5 rings (SSSR count). The first kappa shape index (κ1) is 27.5. The number of ether oxygens (including phenoxy) is 1. The first-order chi connectivity index (χ1) is 19.4. The highest BCUT2D eigenvalue weighted by Gasteiger charge is 2.37. The number of nitrogens with zero attached hydrogens (tertiary/aromatic N) is 5. The monoisotopic (exact) mass is 553 g/mol. The minimum absolute atomic E-state index is 0.0907. The first-order valence-corrected chi connectivity index (χ1v) is 14.4. The molecule has 0 radical (unpaired) electrons. The van der Waals surface area contributed by atoms with Gasteiger partial charge in [0.1, 0.15) is 5.75 Å². The number of benzene rings is 3. The molecule has 1 amide bonds. The number of anilines is 2. The summed E-state index contributed by atoms with van der Waals surface area (Å²) >= 11 is 1.15. The first-order valence-electron chi connectivity index (χ1n) is 13.6. The van der Waals surface area contributed by atoms with Gasteiger partial charge >= 0.3 is 5.24 Å². The van der Waals surface area contributed by atoms with Crippen molar-refractivity contribution in [3.63, 3.8) is 0 Å². The lowest BCUT2D eigenvalue weighted by Crippen LogP contribution is -2.26. The second kappa shape index (κ2) is 12.0. The Labute approximate surface area is 240 Å². The number of carbonyl (C=O) groups excluding carboxylic acids is 1. The van der Waals surface area contributed by atoms with Crippen LogP contribution >= 0.6 is 11.8 Å². The van der Waals surface area contributed by atoms with E-state index in [2.05, 4.69) is 77.2 Å². The summed E-state index contributed by atoms with van der Waals surface area (Å²) in [4.78, 5) is 22.3. The van der Waals surface area contributed by atoms with Crippen molar-refractivity contribution in [1.29, 1.82) is 0 Å². The highest BCUT2D eigenvalue weighted by atomic mass is 32.2. The summed E-state index contributed by atoms with van der Waals surface area (Å²) in [5.41, 5.74) is 6.42. The molecule has 8 heteroatoms. The van der Waals surface area contributed by atoms with Gasteiger partial charge in [0.2, 0.25) is 0 Å². The Bertz CT molecular complexity index is 1440. The third-order valence-corrected chi connectivity index (χ3v) is 8.07. The van der Waals surface area contributed by atoms with Crippen molar-refractivity contribution in [3.8, 4) is 5.75 Å². The highest BCUT2D eigenvalue weighted by Crippen LogP contribution is 2.40. The van der Waals surface area contributed by atoms with Crippen LogP contribution in [-0.4, -0.2) is 56.1 Å². The van der Waals surface area contributed by atoms with Crippen molar-refractivity contribution in [2.24, 2.45) is 10.1 Å². The lowest BCUT2D eigenvalue weighted by atomic mass is 9.98. The zero-order chi connectivity index (χ0) is 28.2. The fourth-order valence-corrected chi connectivity index (χ4v) is 5.75. The molecule has 1 atom stereocenters. The number of amides is 1. The molecule has 2 aliphatic rings. The molecule has 3 aromatic rings. The molecular formula is C32H35N5O2S. The zero-order valence-corrected chi connectivity index (χ0v) is 24.5. The molecule has 0 bridgehead atoms. The highest BCUT2D eigenvalue weighted by molar-refractivity contribution is 8.18. The molecular weight excluding hydrogens is 518 g/mol. The molecule has 7 nitrogen and oxygen atoms in total. The smallest absolute Gasteiger partial charge is 0.311 e. The Morgan fingerprint density at radius 1 is 0.950 bits per heavy atom. The predicted molar refractivity (Wildman–Crippen MR) is 168 cm³/mol. The number of amidine groups is 1. The van der Waals surface area contributed by atoms with Crippen molar-refractivity contribution < 1.29 is 9.53 Å². The molecule has 40 heavy (non-hydrogen) atoms. The van der Waals surface area contributed by atoms with Crippen LogP contribution in [0, 0.1) is 0 Å². The standard InChI is InChI=1S/C32H35N5O2S/c1-6-36(7-2)26-14-8-22(9-15-26)20-30-31(33-32(38)40-30)37-29(24-10-16-25(17-11-24)35(3)4)21-28(34-37)23-12-18-27(39-5)19-13-23/h8-20,29H,6-7,21H2,1-5H3/b30-20-. The fraction of sp³-hybridized carbons (Fsp3) is 0.281. The van der Waals surface area contributed by atoms with E-state index in [4.69, 9.17) is 9.84 Å². The Morgan fingerprint density at radius 2 is 1.60 bits per heavy atom. The number of aliphatic imine (C=N–C) groups is 1. The van der Waals surface area contributed by atoms with Gasteiger partial charge in [-0.05, 0) is 96.9 Å². The van der Waals surface area contributed by atoms with Crippen LogP contribution in [0.5, 0.6) is 5.75 Å². The molecule has 3 aromatic carbocycles. The number of methoxy groups -OCH3 is 1. The third kappa shape index (κ3) is 5.77. The van der Waals surface area contributed by atoms with Gasteiger partial charge in [-0.25, -0.2) is 5.01 Å². The van der Waals surface area contributed by atoms with Gasteiger partial charge in [-0.15, -0.1) is 0 Å². The molecule has 0 spiro atoms. The Morgan fingerprint density at radius 3 is 2.20 bits per heavy atom. The lowest BCUT2D eigenvalue weighted by molar-refractivity contribution is 0.267. The maximum atomic E-state index is 12.7. The number of hydrogen-bond donors (Lipinski definition) is 0. The van der Waals surface area contributed by atoms with E-state index >= 15 is 0 Å². The fourth-order valence-electron chi connectivity index (χ4n) is 5.00. The van der Waals surface area contributed by atoms with Gasteiger partial charge in [-0.2, -0.15) is 10.1 Å². The van der Waals surface area contributed by atoms with Gasteiger partial charge in [0.25, 0.3) is 0 Å². The van der Waals surface area contributed by atoms with Crippen LogP contribution in [0.1, 0.15) is 43.0 Å². The minimum atomic E-state index is -0.226. The summed E-state index contributed by atoms with van der Waals surface area (Å²) < 4.78 is 5.35. The van der Waals surface area contributed by atoms with Gasteiger partial charge in [0.05, 0.1) is 23.8 Å². The maximum Gasteiger partial charge on any atom is 0.311 e. The quantitative estimate of drug-likeness (QED) is 0.298. The molecule has 0 fully saturated rings. The van der Waals surface area contributed by atoms with Gasteiger partial charge in [0.15, 0.2) is 5.84 Å². The molecule has 2 aliphatic heterocycles. The van der Waals surface area contributed by atoms with Crippen molar-refractivity contribution in [2.75, 3.05) is 44.1 Å². The van der Waals surface area contributed by atoms with Crippen molar-refractivity contribution in [1.82, 2.24) is 5.01 Å². The number of rotatable bonds is 8. The minimum Gasteiger partial charge on any atom is -0.497 e. The zero-order valence-electron chi connectivity index (χ0n) is 23.7. The van der Waals surface area contributed by atoms with Crippen LogP contribution in [0.25, 0.3) is 6.08 Å². The number of thioether (sulfide) groups is 1. The third-order valence-electron chi connectivity index (χ3n) is 7.28. The van der Waals surface area contributed by atoms with Crippen LogP contribution in [0.4, 0.5) is 16.2 Å². The summed E-state index contributed by atoms with van der Waals surface area (Å²) in [6.45, 7) is 6.23. The van der Waals surface area contributed by atoms with E-state index in [0.717, 1.165) is 63.6 Å². The Hall–Kier alpha value is -4.04. The van der Waals surface area contributed by atoms with Crippen molar-refractivity contribution in [2.45, 2.75) is 26.3 Å². The van der Waals surface area contributed by atoms with E-state index in [1.54, 1.807) is 7.11 Å². The molecule has 2 heterocycles. The van der Waals surface area contributed by atoms with Crippen LogP contribution in [0.2, 0.25) is 0 Å². The number of carbonyl (C=O) groups is 1. The van der Waals surface area contributed by atoms with Gasteiger partial charge in [-0.3, -0.25) is 4.79 Å². The predicted octanol–water partition coefficient (Wildman–Crippen LogP) is 7.06. The van der Waals surface area contributed by atoms with Crippen molar-refractivity contribution >= 4 is 46.0 Å². The Balaban J connectivity index is 1.51. The normalized spacial score (nSPS) is 17.7. The molecule has 0 saturated carbocycles. The second-order valence-corrected chi connectivity index (χ2v) is 10.9.